The van der Waals surface area contributed by atoms with E-state index in [-0.39, 0.29) is 5.56 Å². The number of amides is 2. The Hall–Kier alpha value is -2.53. The van der Waals surface area contributed by atoms with Crippen LogP contribution in [0.25, 0.3) is 0 Å². The molecule has 21 heavy (non-hydrogen) atoms. The van der Waals surface area contributed by atoms with Crippen LogP contribution in [0.15, 0.2) is 42.5 Å². The van der Waals surface area contributed by atoms with Gasteiger partial charge in [-0.15, -0.1) is 0 Å². The second-order valence-corrected chi connectivity index (χ2v) is 4.78. The number of urea groups is 1. The summed E-state index contributed by atoms with van der Waals surface area (Å²) in [6.07, 6.45) is 0. The van der Waals surface area contributed by atoms with Crippen molar-refractivity contribution in [2.75, 3.05) is 10.6 Å². The normalized spacial score (nSPS) is 10.0. The number of rotatable bonds is 3. The number of hydrogen-bond donors (Lipinski definition) is 3. The van der Waals surface area contributed by atoms with Crippen molar-refractivity contribution in [3.05, 3.63) is 58.6 Å². The maximum Gasteiger partial charge on any atom is 0.335 e. The minimum atomic E-state index is -1.05. The molecule has 0 radical (unpaired) electrons. The number of nitrogens with one attached hydrogen (secondary N) is 2. The average Bonchev–Trinajstić information content (AvgIpc) is 2.44. The second-order valence-electron chi connectivity index (χ2n) is 4.38. The number of hydrogen-bond acceptors (Lipinski definition) is 2. The first kappa shape index (κ1) is 14.9. The molecule has 0 aliphatic carbocycles. The van der Waals surface area contributed by atoms with Crippen LogP contribution in [0.4, 0.5) is 16.2 Å². The van der Waals surface area contributed by atoms with E-state index in [2.05, 4.69) is 10.6 Å². The molecule has 0 aliphatic rings. The monoisotopic (exact) mass is 304 g/mol. The van der Waals surface area contributed by atoms with E-state index in [1.807, 2.05) is 0 Å². The van der Waals surface area contributed by atoms with E-state index >= 15 is 0 Å². The predicted molar refractivity (Wildman–Crippen MR) is 82.2 cm³/mol. The van der Waals surface area contributed by atoms with Gasteiger partial charge in [0.2, 0.25) is 0 Å². The van der Waals surface area contributed by atoms with Gasteiger partial charge in [0.25, 0.3) is 0 Å². The third-order valence-corrected chi connectivity index (χ3v) is 3.29. The van der Waals surface area contributed by atoms with Crippen molar-refractivity contribution < 1.29 is 14.7 Å². The Morgan fingerprint density at radius 1 is 1.10 bits per heavy atom. The van der Waals surface area contributed by atoms with Crippen LogP contribution in [-0.2, 0) is 0 Å². The molecule has 2 rings (SSSR count). The number of carbonyl (C=O) groups is 2. The summed E-state index contributed by atoms with van der Waals surface area (Å²) in [6, 6.07) is 10.7. The molecule has 2 amide bonds. The third-order valence-electron chi connectivity index (χ3n) is 2.88. The fraction of sp³-hybridized carbons (Fsp3) is 0.0667. The molecule has 0 aliphatic heterocycles. The van der Waals surface area contributed by atoms with Gasteiger partial charge >= 0.3 is 12.0 Å². The quantitative estimate of drug-likeness (QED) is 0.802. The number of aromatic carboxylic acids is 1. The van der Waals surface area contributed by atoms with Gasteiger partial charge in [-0.2, -0.15) is 0 Å². The average molecular weight is 305 g/mol. The van der Waals surface area contributed by atoms with E-state index in [0.717, 1.165) is 5.56 Å². The van der Waals surface area contributed by atoms with Crippen LogP contribution in [-0.4, -0.2) is 17.1 Å². The maximum absolute atomic E-state index is 11.9. The highest BCUT2D eigenvalue weighted by atomic mass is 35.5. The van der Waals surface area contributed by atoms with E-state index in [0.29, 0.717) is 16.4 Å². The minimum absolute atomic E-state index is 0.103. The zero-order valence-electron chi connectivity index (χ0n) is 11.2. The van der Waals surface area contributed by atoms with Crippen molar-refractivity contribution in [2.45, 2.75) is 6.92 Å². The van der Waals surface area contributed by atoms with Crippen LogP contribution < -0.4 is 10.6 Å². The minimum Gasteiger partial charge on any atom is -0.478 e. The van der Waals surface area contributed by atoms with Crippen molar-refractivity contribution in [1.82, 2.24) is 0 Å². The Morgan fingerprint density at radius 2 is 1.81 bits per heavy atom. The number of carbonyl (C=O) groups excluding carboxylic acids is 1. The molecule has 0 heterocycles. The number of carboxylic acid groups (broad SMARTS) is 1. The summed E-state index contributed by atoms with van der Waals surface area (Å²) in [5.41, 5.74) is 1.85. The summed E-state index contributed by atoms with van der Waals surface area (Å²) < 4.78 is 0. The highest BCUT2D eigenvalue weighted by Crippen LogP contribution is 2.23. The SMILES string of the molecule is Cc1c(Cl)cccc1NC(=O)Nc1cccc(C(=O)O)c1. The zero-order chi connectivity index (χ0) is 15.4. The van der Waals surface area contributed by atoms with Gasteiger partial charge < -0.3 is 15.7 Å². The highest BCUT2D eigenvalue weighted by Gasteiger charge is 2.08. The van der Waals surface area contributed by atoms with Crippen molar-refractivity contribution >= 4 is 35.0 Å². The molecular weight excluding hydrogens is 292 g/mol. The first-order valence-electron chi connectivity index (χ1n) is 6.14. The van der Waals surface area contributed by atoms with Crippen LogP contribution in [0.3, 0.4) is 0 Å². The molecular formula is C15H13ClN2O3. The topological polar surface area (TPSA) is 78.4 Å². The van der Waals surface area contributed by atoms with Gasteiger partial charge in [-0.1, -0.05) is 23.7 Å². The lowest BCUT2D eigenvalue weighted by Crippen LogP contribution is -2.20. The Bertz CT molecular complexity index is 701. The Balaban J connectivity index is 2.10. The number of carboxylic acids is 1. The van der Waals surface area contributed by atoms with Gasteiger partial charge in [0.15, 0.2) is 0 Å². The number of benzene rings is 2. The lowest BCUT2D eigenvalue weighted by atomic mass is 10.2. The Morgan fingerprint density at radius 3 is 2.52 bits per heavy atom. The van der Waals surface area contributed by atoms with Crippen LogP contribution in [0.2, 0.25) is 5.02 Å². The molecule has 0 aromatic heterocycles. The molecule has 5 nitrogen and oxygen atoms in total. The van der Waals surface area contributed by atoms with Crippen LogP contribution in [0, 0.1) is 6.92 Å². The highest BCUT2D eigenvalue weighted by molar-refractivity contribution is 6.31. The first-order chi connectivity index (χ1) is 9.97. The molecule has 3 N–H and O–H groups in total. The maximum atomic E-state index is 11.9. The van der Waals surface area contributed by atoms with E-state index in [1.165, 1.54) is 12.1 Å². The fourth-order valence-electron chi connectivity index (χ4n) is 1.76. The van der Waals surface area contributed by atoms with E-state index in [4.69, 9.17) is 16.7 Å². The van der Waals surface area contributed by atoms with Gasteiger partial charge in [-0.05, 0) is 42.8 Å². The molecule has 2 aromatic rings. The van der Waals surface area contributed by atoms with Crippen molar-refractivity contribution in [2.24, 2.45) is 0 Å². The zero-order valence-corrected chi connectivity index (χ0v) is 11.9. The summed E-state index contributed by atoms with van der Waals surface area (Å²) in [7, 11) is 0. The van der Waals surface area contributed by atoms with Crippen LogP contribution in [0.1, 0.15) is 15.9 Å². The number of halogens is 1. The molecule has 6 heteroatoms. The third kappa shape index (κ3) is 3.73. The summed E-state index contributed by atoms with van der Waals surface area (Å²) in [5, 5.41) is 14.7. The van der Waals surface area contributed by atoms with Crippen LogP contribution >= 0.6 is 11.6 Å². The van der Waals surface area contributed by atoms with Gasteiger partial charge in [-0.3, -0.25) is 0 Å². The van der Waals surface area contributed by atoms with E-state index in [1.54, 1.807) is 37.3 Å². The summed E-state index contributed by atoms with van der Waals surface area (Å²) in [5.74, 6) is -1.05. The Kier molecular flexibility index (Phi) is 4.45. The number of anilines is 2. The van der Waals surface area contributed by atoms with E-state index < -0.39 is 12.0 Å². The lowest BCUT2D eigenvalue weighted by Gasteiger charge is -2.11. The molecule has 0 spiro atoms. The van der Waals surface area contributed by atoms with Crippen molar-refractivity contribution in [3.63, 3.8) is 0 Å². The summed E-state index contributed by atoms with van der Waals surface area (Å²) >= 11 is 5.98. The molecule has 0 atom stereocenters. The van der Waals surface area contributed by atoms with Gasteiger partial charge in [0.1, 0.15) is 0 Å². The second kappa shape index (κ2) is 6.28. The van der Waals surface area contributed by atoms with Gasteiger partial charge in [-0.25, -0.2) is 9.59 Å². The molecule has 0 bridgehead atoms. The van der Waals surface area contributed by atoms with Crippen LogP contribution in [0.5, 0.6) is 0 Å². The lowest BCUT2D eigenvalue weighted by molar-refractivity contribution is 0.0697. The largest absolute Gasteiger partial charge is 0.478 e. The molecule has 2 aromatic carbocycles. The Labute approximate surface area is 126 Å². The molecule has 0 saturated carbocycles. The molecule has 0 fully saturated rings. The molecule has 0 unspecified atom stereocenters. The standard InChI is InChI=1S/C15H13ClN2O3/c1-9-12(16)6-3-7-13(9)18-15(21)17-11-5-2-4-10(8-11)14(19)20/h2-8H,1H3,(H,19,20)(H2,17,18,21). The van der Waals surface area contributed by atoms with Gasteiger partial charge in [0.05, 0.1) is 5.56 Å². The van der Waals surface area contributed by atoms with Crippen molar-refractivity contribution in [3.8, 4) is 0 Å². The van der Waals surface area contributed by atoms with E-state index in [9.17, 15) is 9.59 Å². The molecule has 0 saturated heterocycles. The van der Waals surface area contributed by atoms with Crippen molar-refractivity contribution in [1.29, 1.82) is 0 Å². The molecule has 108 valence electrons. The fourth-order valence-corrected chi connectivity index (χ4v) is 1.93. The first-order valence-corrected chi connectivity index (χ1v) is 6.51. The predicted octanol–water partition coefficient (Wildman–Crippen LogP) is 3.99. The summed E-state index contributed by atoms with van der Waals surface area (Å²) in [4.78, 5) is 22.8. The van der Waals surface area contributed by atoms with Gasteiger partial charge in [0, 0.05) is 16.4 Å². The summed E-state index contributed by atoms with van der Waals surface area (Å²) in [6.45, 7) is 1.79. The smallest absolute Gasteiger partial charge is 0.335 e.